The van der Waals surface area contributed by atoms with Gasteiger partial charge in [0.1, 0.15) is 5.82 Å². The highest BCUT2D eigenvalue weighted by atomic mass is 19.4. The monoisotopic (exact) mass is 247 g/mol. The first kappa shape index (κ1) is 13.4. The Morgan fingerprint density at radius 1 is 1.47 bits per heavy atom. The summed E-state index contributed by atoms with van der Waals surface area (Å²) >= 11 is 0. The van der Waals surface area contributed by atoms with Crippen LogP contribution in [0.3, 0.4) is 0 Å². The Bertz CT molecular complexity index is 367. The van der Waals surface area contributed by atoms with Crippen LogP contribution >= 0.6 is 0 Å². The smallest absolute Gasteiger partial charge is 0.300 e. The Labute approximate surface area is 96.4 Å². The van der Waals surface area contributed by atoms with Crippen molar-refractivity contribution in [2.24, 2.45) is 0 Å². The van der Waals surface area contributed by atoms with Crippen LogP contribution in [-0.2, 0) is 4.79 Å². The van der Waals surface area contributed by atoms with E-state index >= 15 is 0 Å². The Balaban J connectivity index is 2.43. The van der Waals surface area contributed by atoms with E-state index in [1.165, 1.54) is 18.1 Å². The number of anilines is 1. The van der Waals surface area contributed by atoms with E-state index in [4.69, 9.17) is 0 Å². The molecule has 0 aliphatic heterocycles. The lowest BCUT2D eigenvalue weighted by Crippen LogP contribution is -2.39. The van der Waals surface area contributed by atoms with Crippen LogP contribution in [0, 0.1) is 0 Å². The number of carbonyl (C=O) groups is 1. The fraction of sp³-hybridized carbons (Fsp3) is 0.400. The Hall–Kier alpha value is -1.63. The normalized spacial score (nSPS) is 11.3. The average molecular weight is 247 g/mol. The summed E-state index contributed by atoms with van der Waals surface area (Å²) in [5, 5.41) is 2.03. The molecule has 0 radical (unpaired) electrons. The van der Waals surface area contributed by atoms with Gasteiger partial charge in [-0.3, -0.25) is 9.69 Å². The van der Waals surface area contributed by atoms with Crippen molar-refractivity contribution in [3.63, 3.8) is 0 Å². The number of nitrogens with zero attached hydrogens (tertiary/aromatic N) is 2. The predicted octanol–water partition coefficient (Wildman–Crippen LogP) is 1.20. The minimum absolute atomic E-state index is 0.382. The summed E-state index contributed by atoms with van der Waals surface area (Å²) in [6.45, 7) is -1.57. The number of hydrogen-bond acceptors (Lipinski definition) is 3. The maximum atomic E-state index is 11.8. The highest BCUT2D eigenvalue weighted by Crippen LogP contribution is 2.12. The van der Waals surface area contributed by atoms with Gasteiger partial charge in [0.15, 0.2) is 0 Å². The highest BCUT2D eigenvalue weighted by molar-refractivity contribution is 5.93. The van der Waals surface area contributed by atoms with E-state index in [0.717, 1.165) is 0 Å². The number of pyridine rings is 1. The number of likely N-dealkylation sites (N-methyl/N-ethyl adjacent to an activating group) is 1. The van der Waals surface area contributed by atoms with Crippen molar-refractivity contribution in [3.8, 4) is 0 Å². The molecular formula is C10H12F3N3O. The molecule has 94 valence electrons. The number of rotatable bonds is 4. The number of nitrogens with one attached hydrogen (secondary N) is 1. The van der Waals surface area contributed by atoms with Gasteiger partial charge >= 0.3 is 6.18 Å². The van der Waals surface area contributed by atoms with Gasteiger partial charge in [-0.15, -0.1) is 0 Å². The number of hydrogen-bond donors (Lipinski definition) is 1. The quantitative estimate of drug-likeness (QED) is 0.869. The summed E-state index contributed by atoms with van der Waals surface area (Å²) in [6.07, 6.45) is -2.81. The van der Waals surface area contributed by atoms with E-state index < -0.39 is 18.6 Å². The first-order valence-corrected chi connectivity index (χ1v) is 4.85. The molecule has 1 aromatic heterocycles. The lowest BCUT2D eigenvalue weighted by atomic mass is 10.4. The third-order valence-corrected chi connectivity index (χ3v) is 1.97. The van der Waals surface area contributed by atoms with Crippen LogP contribution in [0.4, 0.5) is 19.0 Å². The van der Waals surface area contributed by atoms with Gasteiger partial charge in [0.25, 0.3) is 0 Å². The highest BCUT2D eigenvalue weighted by Gasteiger charge is 2.26. The second kappa shape index (κ2) is 5.62. The average Bonchev–Trinajstić information content (AvgIpc) is 2.27. The van der Waals surface area contributed by atoms with Crippen LogP contribution in [0.5, 0.6) is 0 Å². The molecule has 7 heteroatoms. The number of amides is 1. The van der Waals surface area contributed by atoms with Gasteiger partial charge in [-0.2, -0.15) is 13.2 Å². The first-order chi connectivity index (χ1) is 7.90. The van der Waals surface area contributed by atoms with Gasteiger partial charge in [-0.1, -0.05) is 6.07 Å². The van der Waals surface area contributed by atoms with Crippen molar-refractivity contribution in [2.75, 3.05) is 25.0 Å². The second-order valence-corrected chi connectivity index (χ2v) is 3.36. The molecule has 0 fully saturated rings. The Kier molecular flexibility index (Phi) is 4.45. The molecule has 0 atom stereocenters. The van der Waals surface area contributed by atoms with Crippen LogP contribution in [0.1, 0.15) is 0 Å². The van der Waals surface area contributed by atoms with E-state index in [-0.39, 0.29) is 6.54 Å². The fourth-order valence-electron chi connectivity index (χ4n) is 1.11. The molecule has 1 amide bonds. The summed E-state index contributed by atoms with van der Waals surface area (Å²) in [5.74, 6) is -0.0840. The molecule has 0 saturated carbocycles. The number of alkyl halides is 3. The molecule has 1 heterocycles. The summed E-state index contributed by atoms with van der Waals surface area (Å²) in [7, 11) is 1.46. The SMILES string of the molecule is CN(C(=O)CNCC(F)(F)F)c1ccccn1. The van der Waals surface area contributed by atoms with E-state index in [9.17, 15) is 18.0 Å². The summed E-state index contributed by atoms with van der Waals surface area (Å²) in [6, 6.07) is 4.97. The lowest BCUT2D eigenvalue weighted by molar-refractivity contribution is -0.127. The summed E-state index contributed by atoms with van der Waals surface area (Å²) < 4.78 is 35.5. The Morgan fingerprint density at radius 3 is 2.71 bits per heavy atom. The van der Waals surface area contributed by atoms with Crippen molar-refractivity contribution in [2.45, 2.75) is 6.18 Å². The number of aromatic nitrogens is 1. The van der Waals surface area contributed by atoms with E-state index in [1.54, 1.807) is 18.2 Å². The molecule has 0 bridgehead atoms. The van der Waals surface area contributed by atoms with Gasteiger partial charge < -0.3 is 5.32 Å². The minimum Gasteiger partial charge on any atom is -0.300 e. The zero-order chi connectivity index (χ0) is 12.9. The van der Waals surface area contributed by atoms with Crippen LogP contribution in [-0.4, -0.2) is 37.2 Å². The van der Waals surface area contributed by atoms with E-state index in [1.807, 2.05) is 5.32 Å². The summed E-state index contributed by atoms with van der Waals surface area (Å²) in [5.41, 5.74) is 0. The van der Waals surface area contributed by atoms with Crippen LogP contribution < -0.4 is 10.2 Å². The summed E-state index contributed by atoms with van der Waals surface area (Å²) in [4.78, 5) is 16.6. The molecule has 0 aliphatic rings. The molecule has 0 aliphatic carbocycles. The first-order valence-electron chi connectivity index (χ1n) is 4.85. The van der Waals surface area contributed by atoms with Gasteiger partial charge in [-0.25, -0.2) is 4.98 Å². The minimum atomic E-state index is -4.32. The molecular weight excluding hydrogens is 235 g/mol. The third kappa shape index (κ3) is 4.81. The van der Waals surface area contributed by atoms with Crippen molar-refractivity contribution in [3.05, 3.63) is 24.4 Å². The van der Waals surface area contributed by atoms with Gasteiger partial charge in [0, 0.05) is 13.2 Å². The zero-order valence-electron chi connectivity index (χ0n) is 9.16. The largest absolute Gasteiger partial charge is 0.401 e. The van der Waals surface area contributed by atoms with Crippen LogP contribution in [0.2, 0.25) is 0 Å². The van der Waals surface area contributed by atoms with E-state index in [2.05, 4.69) is 4.98 Å². The van der Waals surface area contributed by atoms with Crippen molar-refractivity contribution >= 4 is 11.7 Å². The topological polar surface area (TPSA) is 45.2 Å². The number of halogens is 3. The molecule has 0 saturated heterocycles. The van der Waals surface area contributed by atoms with Crippen molar-refractivity contribution in [1.29, 1.82) is 0 Å². The third-order valence-electron chi connectivity index (χ3n) is 1.97. The van der Waals surface area contributed by atoms with Crippen LogP contribution in [0.15, 0.2) is 24.4 Å². The molecule has 17 heavy (non-hydrogen) atoms. The van der Waals surface area contributed by atoms with Crippen molar-refractivity contribution in [1.82, 2.24) is 10.3 Å². The van der Waals surface area contributed by atoms with Crippen LogP contribution in [0.25, 0.3) is 0 Å². The fourth-order valence-corrected chi connectivity index (χ4v) is 1.11. The molecule has 1 aromatic rings. The van der Waals surface area contributed by atoms with Gasteiger partial charge in [0.2, 0.25) is 5.91 Å². The lowest BCUT2D eigenvalue weighted by Gasteiger charge is -2.16. The molecule has 0 aromatic carbocycles. The zero-order valence-corrected chi connectivity index (χ0v) is 9.16. The van der Waals surface area contributed by atoms with Crippen molar-refractivity contribution < 1.29 is 18.0 Å². The maximum Gasteiger partial charge on any atom is 0.401 e. The van der Waals surface area contributed by atoms with Gasteiger partial charge in [0.05, 0.1) is 13.1 Å². The second-order valence-electron chi connectivity index (χ2n) is 3.36. The Morgan fingerprint density at radius 2 is 2.18 bits per heavy atom. The standard InChI is InChI=1S/C10H12F3N3O/c1-16(8-4-2-3-5-15-8)9(17)6-14-7-10(11,12)13/h2-5,14H,6-7H2,1H3. The molecule has 0 unspecified atom stereocenters. The predicted molar refractivity (Wildman–Crippen MR) is 56.6 cm³/mol. The van der Waals surface area contributed by atoms with Gasteiger partial charge in [-0.05, 0) is 12.1 Å². The molecule has 4 nitrogen and oxygen atoms in total. The van der Waals surface area contributed by atoms with E-state index in [0.29, 0.717) is 5.82 Å². The molecule has 1 rings (SSSR count). The number of carbonyl (C=O) groups excluding carboxylic acids is 1. The molecule has 0 spiro atoms. The molecule has 1 N–H and O–H groups in total. The maximum absolute atomic E-state index is 11.8.